The van der Waals surface area contributed by atoms with E-state index in [1.54, 1.807) is 0 Å². The van der Waals surface area contributed by atoms with E-state index in [1.165, 1.54) is 18.0 Å². The van der Waals surface area contributed by atoms with Crippen molar-refractivity contribution in [3.8, 4) is 0 Å². The number of unbranched alkanes of at least 4 members (excludes halogenated alkanes) is 1. The molecule has 3 heteroatoms. The lowest BCUT2D eigenvalue weighted by molar-refractivity contribution is 0.567. The van der Waals surface area contributed by atoms with Gasteiger partial charge in [-0.15, -0.1) is 0 Å². The van der Waals surface area contributed by atoms with Gasteiger partial charge in [-0.05, 0) is 11.2 Å². The van der Waals surface area contributed by atoms with Crippen molar-refractivity contribution in [2.24, 2.45) is 0 Å². The van der Waals surface area contributed by atoms with E-state index in [-0.39, 0.29) is 0 Å². The van der Waals surface area contributed by atoms with Crippen molar-refractivity contribution in [3.63, 3.8) is 0 Å². The second-order valence-electron chi connectivity index (χ2n) is 3.74. The van der Waals surface area contributed by atoms with Gasteiger partial charge < -0.3 is 4.80 Å². The maximum Gasteiger partial charge on any atom is 0.194 e. The van der Waals surface area contributed by atoms with Crippen LogP contribution in [0, 0.1) is 0 Å². The van der Waals surface area contributed by atoms with Gasteiger partial charge in [-0.25, -0.2) is 0 Å². The van der Waals surface area contributed by atoms with Crippen molar-refractivity contribution in [2.75, 3.05) is 0 Å². The van der Waals surface area contributed by atoms with Crippen LogP contribution in [0.1, 0.15) is 19.8 Å². The van der Waals surface area contributed by atoms with E-state index in [9.17, 15) is 4.80 Å². The molecule has 0 amide bonds. The predicted molar refractivity (Wildman–Crippen MR) is 63.7 cm³/mol. The van der Waals surface area contributed by atoms with Crippen molar-refractivity contribution >= 4 is 22.8 Å². The minimum atomic E-state index is -1.96. The lowest BCUT2D eigenvalue weighted by atomic mass is 10.4. The first-order valence-electron chi connectivity index (χ1n) is 4.94. The Bertz CT molecular complexity index is 246. The highest BCUT2D eigenvalue weighted by Gasteiger charge is 2.25. The van der Waals surface area contributed by atoms with Crippen molar-refractivity contribution in [1.82, 2.24) is 0 Å². The second-order valence-corrected chi connectivity index (χ2v) is 12.3. The van der Waals surface area contributed by atoms with Gasteiger partial charge in [-0.2, -0.15) is 0 Å². The largest absolute Gasteiger partial charge is 0.431 e. The number of rotatable bonds is 4. The van der Waals surface area contributed by atoms with Crippen molar-refractivity contribution in [2.45, 2.75) is 25.8 Å². The molecular formula is C10H18OSi2. The molecule has 0 aliphatic carbocycles. The van der Waals surface area contributed by atoms with E-state index in [1.807, 2.05) is 18.2 Å². The molecule has 1 atom stereocenters. The van der Waals surface area contributed by atoms with E-state index in [0.29, 0.717) is 0 Å². The van der Waals surface area contributed by atoms with Crippen LogP contribution in [-0.4, -0.2) is 22.4 Å². The van der Waals surface area contributed by atoms with E-state index in [4.69, 9.17) is 0 Å². The number of benzene rings is 1. The van der Waals surface area contributed by atoms with Gasteiger partial charge in [0.15, 0.2) is 7.83 Å². The first kappa shape index (κ1) is 10.7. The molecule has 13 heavy (non-hydrogen) atoms. The maximum absolute atomic E-state index is 10.3. The summed E-state index contributed by atoms with van der Waals surface area (Å²) in [6.45, 7) is 2.18. The quantitative estimate of drug-likeness (QED) is 0.717. The van der Waals surface area contributed by atoms with E-state index >= 15 is 0 Å². The molecule has 1 N–H and O–H groups in total. The lowest BCUT2D eigenvalue weighted by Gasteiger charge is -2.20. The fourth-order valence-corrected chi connectivity index (χ4v) is 5.76. The monoisotopic (exact) mass is 210 g/mol. The molecule has 0 saturated heterocycles. The zero-order valence-electron chi connectivity index (χ0n) is 8.46. The van der Waals surface area contributed by atoms with Gasteiger partial charge in [0.2, 0.25) is 0 Å². The molecule has 0 bridgehead atoms. The molecule has 1 nitrogen and oxygen atoms in total. The highest BCUT2D eigenvalue weighted by atomic mass is 29.2. The van der Waals surface area contributed by atoms with Crippen LogP contribution in [-0.2, 0) is 0 Å². The molecule has 0 aliphatic heterocycles. The average Bonchev–Trinajstić information content (AvgIpc) is 2.16. The zero-order chi connectivity index (χ0) is 9.73. The van der Waals surface area contributed by atoms with Crippen LogP contribution in [0.25, 0.3) is 0 Å². The van der Waals surface area contributed by atoms with Crippen LogP contribution in [0.3, 0.4) is 0 Å². The molecule has 72 valence electrons. The minimum Gasteiger partial charge on any atom is -0.431 e. The Kier molecular flexibility index (Phi) is 3.90. The fourth-order valence-electron chi connectivity index (χ4n) is 1.46. The SMILES string of the molecule is CCCC[Si](O)([SiH3])c1ccccc1. The Hall–Kier alpha value is -0.386. The molecule has 0 aliphatic rings. The topological polar surface area (TPSA) is 20.2 Å². The third-order valence-corrected chi connectivity index (χ3v) is 8.55. The third-order valence-electron chi connectivity index (χ3n) is 2.41. The minimum absolute atomic E-state index is 0.944. The Labute approximate surface area is 84.1 Å². The van der Waals surface area contributed by atoms with Gasteiger partial charge in [0.05, 0.1) is 0 Å². The molecule has 0 radical (unpaired) electrons. The van der Waals surface area contributed by atoms with Crippen LogP contribution < -0.4 is 5.19 Å². The van der Waals surface area contributed by atoms with E-state index in [0.717, 1.165) is 15.8 Å². The summed E-state index contributed by atoms with van der Waals surface area (Å²) in [7, 11) is -1.02. The summed E-state index contributed by atoms with van der Waals surface area (Å²) in [5, 5.41) is 1.22. The van der Waals surface area contributed by atoms with Gasteiger partial charge >= 0.3 is 0 Å². The van der Waals surface area contributed by atoms with Crippen molar-refractivity contribution < 1.29 is 4.80 Å². The molecule has 0 spiro atoms. The molecule has 0 fully saturated rings. The van der Waals surface area contributed by atoms with Crippen LogP contribution in [0.15, 0.2) is 30.3 Å². The van der Waals surface area contributed by atoms with Gasteiger partial charge in [-0.1, -0.05) is 50.1 Å². The summed E-state index contributed by atoms with van der Waals surface area (Å²) >= 11 is 0. The summed E-state index contributed by atoms with van der Waals surface area (Å²) in [5.74, 6) is 0. The molecule has 1 aromatic carbocycles. The normalized spacial score (nSPS) is 15.5. The lowest BCUT2D eigenvalue weighted by Crippen LogP contribution is -2.48. The Morgan fingerprint density at radius 1 is 1.31 bits per heavy atom. The highest BCUT2D eigenvalue weighted by molar-refractivity contribution is 7.20. The zero-order valence-corrected chi connectivity index (χ0v) is 11.5. The molecule has 1 aromatic rings. The third kappa shape index (κ3) is 3.10. The molecular weight excluding hydrogens is 192 g/mol. The molecule has 1 rings (SSSR count). The standard InChI is InChI=1S/C10H18OSi2/c1-2-3-9-13(11,12)10-7-5-4-6-8-10/h4-8,11H,2-3,9H2,1,12H3. The highest BCUT2D eigenvalue weighted by Crippen LogP contribution is 2.07. The van der Waals surface area contributed by atoms with Gasteiger partial charge in [-0.3, -0.25) is 0 Å². The molecule has 0 heterocycles. The van der Waals surface area contributed by atoms with E-state index in [2.05, 4.69) is 19.1 Å². The van der Waals surface area contributed by atoms with E-state index < -0.39 is 7.83 Å². The maximum atomic E-state index is 10.3. The van der Waals surface area contributed by atoms with Crippen molar-refractivity contribution in [1.29, 1.82) is 0 Å². The van der Waals surface area contributed by atoms with Crippen LogP contribution in [0.2, 0.25) is 6.04 Å². The Morgan fingerprint density at radius 2 is 1.92 bits per heavy atom. The summed E-state index contributed by atoms with van der Waals surface area (Å²) in [6.07, 6.45) is 2.35. The summed E-state index contributed by atoms with van der Waals surface area (Å²) in [6, 6.07) is 11.3. The summed E-state index contributed by atoms with van der Waals surface area (Å²) in [4.78, 5) is 10.3. The van der Waals surface area contributed by atoms with Gasteiger partial charge in [0.25, 0.3) is 0 Å². The van der Waals surface area contributed by atoms with Gasteiger partial charge in [0.1, 0.15) is 0 Å². The molecule has 0 saturated carbocycles. The summed E-state index contributed by atoms with van der Waals surface area (Å²) in [5.41, 5.74) is 0. The first-order chi connectivity index (χ1) is 6.17. The van der Waals surface area contributed by atoms with Gasteiger partial charge in [0, 0.05) is 9.76 Å². The smallest absolute Gasteiger partial charge is 0.194 e. The predicted octanol–water partition coefficient (Wildman–Crippen LogP) is 0.494. The van der Waals surface area contributed by atoms with Crippen LogP contribution in [0.4, 0.5) is 0 Å². The number of hydrogen-bond acceptors (Lipinski definition) is 1. The summed E-state index contributed by atoms with van der Waals surface area (Å²) < 4.78 is 0. The molecule has 0 aromatic heterocycles. The average molecular weight is 210 g/mol. The molecule has 1 unspecified atom stereocenters. The number of hydrogen-bond donors (Lipinski definition) is 1. The Balaban J connectivity index is 2.69. The van der Waals surface area contributed by atoms with Crippen LogP contribution in [0.5, 0.6) is 0 Å². The fraction of sp³-hybridized carbons (Fsp3) is 0.400. The van der Waals surface area contributed by atoms with Crippen molar-refractivity contribution in [3.05, 3.63) is 30.3 Å². The Morgan fingerprint density at radius 3 is 2.46 bits per heavy atom. The second kappa shape index (κ2) is 4.74. The first-order valence-corrected chi connectivity index (χ1v) is 10.6. The van der Waals surface area contributed by atoms with Crippen LogP contribution >= 0.6 is 0 Å².